The van der Waals surface area contributed by atoms with Gasteiger partial charge in [0.15, 0.2) is 0 Å². The van der Waals surface area contributed by atoms with E-state index >= 15 is 0 Å². The van der Waals surface area contributed by atoms with Gasteiger partial charge >= 0.3 is 5.97 Å². The van der Waals surface area contributed by atoms with Gasteiger partial charge < -0.3 is 15.4 Å². The summed E-state index contributed by atoms with van der Waals surface area (Å²) in [7, 11) is 0. The summed E-state index contributed by atoms with van der Waals surface area (Å²) in [6.45, 7) is 1.42. The first kappa shape index (κ1) is 10.5. The van der Waals surface area contributed by atoms with Crippen molar-refractivity contribution in [1.29, 1.82) is 0 Å². The summed E-state index contributed by atoms with van der Waals surface area (Å²) < 4.78 is 4.84. The first-order valence-electron chi connectivity index (χ1n) is 4.22. The number of primary amides is 1. The van der Waals surface area contributed by atoms with Gasteiger partial charge in [-0.2, -0.15) is 0 Å². The quantitative estimate of drug-likeness (QED) is 0.569. The first-order valence-corrected chi connectivity index (χ1v) is 4.22. The van der Waals surface area contributed by atoms with E-state index in [0.29, 0.717) is 0 Å². The second kappa shape index (κ2) is 4.08. The fraction of sp³-hybridized carbons (Fsp3) is 0.625. The monoisotopic (exact) mass is 200 g/mol. The Bertz CT molecular complexity index is 277. The van der Waals surface area contributed by atoms with Crippen LogP contribution >= 0.6 is 0 Å². The number of hydrogen-bond acceptors (Lipinski definition) is 4. The van der Waals surface area contributed by atoms with Crippen molar-refractivity contribution in [3.05, 3.63) is 0 Å². The predicted molar refractivity (Wildman–Crippen MR) is 45.9 cm³/mol. The van der Waals surface area contributed by atoms with Gasteiger partial charge in [-0.15, -0.1) is 0 Å². The highest BCUT2D eigenvalue weighted by molar-refractivity contribution is 5.85. The topological polar surface area (TPSA) is 89.7 Å². The summed E-state index contributed by atoms with van der Waals surface area (Å²) in [4.78, 5) is 33.7. The maximum absolute atomic E-state index is 11.2. The molecule has 0 aromatic rings. The van der Waals surface area contributed by atoms with Gasteiger partial charge in [0.05, 0.1) is 19.5 Å². The van der Waals surface area contributed by atoms with E-state index in [0.717, 1.165) is 0 Å². The maximum atomic E-state index is 11.2. The smallest absolute Gasteiger partial charge is 0.302 e. The number of carbonyl (C=O) groups is 3. The predicted octanol–water partition coefficient (Wildman–Crippen LogP) is -1.36. The third-order valence-corrected chi connectivity index (χ3v) is 1.86. The third-order valence-electron chi connectivity index (χ3n) is 1.86. The zero-order valence-corrected chi connectivity index (χ0v) is 7.86. The Morgan fingerprint density at radius 3 is 2.79 bits per heavy atom. The average Bonchev–Trinajstić information content (AvgIpc) is 2.28. The van der Waals surface area contributed by atoms with E-state index in [2.05, 4.69) is 0 Å². The molecule has 1 saturated heterocycles. The van der Waals surface area contributed by atoms with Crippen LogP contribution in [-0.2, 0) is 19.1 Å². The summed E-state index contributed by atoms with van der Waals surface area (Å²) in [5, 5.41) is 0. The highest BCUT2D eigenvalue weighted by Gasteiger charge is 2.32. The van der Waals surface area contributed by atoms with Crippen LogP contribution < -0.4 is 5.73 Å². The van der Waals surface area contributed by atoms with Gasteiger partial charge in [0.2, 0.25) is 11.8 Å². The van der Waals surface area contributed by atoms with E-state index < -0.39 is 18.0 Å². The molecule has 0 saturated carbocycles. The lowest BCUT2D eigenvalue weighted by Gasteiger charge is -2.13. The maximum Gasteiger partial charge on any atom is 0.302 e. The molecule has 0 aromatic carbocycles. The third kappa shape index (κ3) is 2.72. The lowest BCUT2D eigenvalue weighted by Crippen LogP contribution is -2.35. The molecule has 0 spiro atoms. The minimum atomic E-state index is -0.568. The van der Waals surface area contributed by atoms with Crippen molar-refractivity contribution in [2.45, 2.75) is 19.4 Å². The number of nitrogens with zero attached hydrogens (tertiary/aromatic N) is 1. The molecule has 1 rings (SSSR count). The van der Waals surface area contributed by atoms with Crippen molar-refractivity contribution in [2.75, 3.05) is 13.1 Å². The number of amides is 2. The van der Waals surface area contributed by atoms with Gasteiger partial charge in [-0.25, -0.2) is 0 Å². The highest BCUT2D eigenvalue weighted by Crippen LogP contribution is 2.13. The molecule has 1 atom stereocenters. The Kier molecular flexibility index (Phi) is 3.06. The van der Waals surface area contributed by atoms with Crippen molar-refractivity contribution >= 4 is 17.8 Å². The molecule has 0 aliphatic carbocycles. The van der Waals surface area contributed by atoms with Crippen LogP contribution in [0.4, 0.5) is 0 Å². The fourth-order valence-electron chi connectivity index (χ4n) is 1.39. The second-order valence-corrected chi connectivity index (χ2v) is 3.18. The number of carbonyl (C=O) groups excluding carboxylic acids is 3. The number of nitrogens with two attached hydrogens (primary N) is 1. The van der Waals surface area contributed by atoms with Crippen LogP contribution in [0.5, 0.6) is 0 Å². The fourth-order valence-corrected chi connectivity index (χ4v) is 1.39. The summed E-state index contributed by atoms with van der Waals surface area (Å²) in [5.74, 6) is -1.21. The summed E-state index contributed by atoms with van der Waals surface area (Å²) in [5.41, 5.74) is 4.94. The molecule has 6 nitrogen and oxygen atoms in total. The van der Waals surface area contributed by atoms with Crippen LogP contribution in [0.1, 0.15) is 13.3 Å². The number of likely N-dealkylation sites (tertiary alicyclic amines) is 1. The molecule has 2 N–H and O–H groups in total. The van der Waals surface area contributed by atoms with Gasteiger partial charge in [-0.3, -0.25) is 14.4 Å². The summed E-state index contributed by atoms with van der Waals surface area (Å²) >= 11 is 0. The molecular formula is C8H12N2O4. The Labute approximate surface area is 81.0 Å². The zero-order chi connectivity index (χ0) is 10.7. The molecular weight excluding hydrogens is 188 g/mol. The summed E-state index contributed by atoms with van der Waals surface area (Å²) in [6, 6.07) is 0. The van der Waals surface area contributed by atoms with Gasteiger partial charge in [0, 0.05) is 6.92 Å². The van der Waals surface area contributed by atoms with Crippen molar-refractivity contribution in [2.24, 2.45) is 5.73 Å². The van der Waals surface area contributed by atoms with Gasteiger partial charge in [-0.1, -0.05) is 0 Å². The van der Waals surface area contributed by atoms with Crippen LogP contribution in [0.25, 0.3) is 0 Å². The van der Waals surface area contributed by atoms with Gasteiger partial charge in [-0.05, 0) is 0 Å². The average molecular weight is 200 g/mol. The molecule has 1 unspecified atom stereocenters. The molecule has 0 bridgehead atoms. The molecule has 1 fully saturated rings. The molecule has 0 radical (unpaired) electrons. The van der Waals surface area contributed by atoms with E-state index in [9.17, 15) is 14.4 Å². The van der Waals surface area contributed by atoms with Crippen molar-refractivity contribution < 1.29 is 19.1 Å². The van der Waals surface area contributed by atoms with E-state index in [4.69, 9.17) is 10.5 Å². The first-order chi connectivity index (χ1) is 6.49. The Morgan fingerprint density at radius 1 is 1.64 bits per heavy atom. The standard InChI is InChI=1S/C8H12N2O4/c1-5(11)14-6-2-8(13)10(3-6)4-7(9)12/h6H,2-4H2,1H3,(H2,9,12). The number of hydrogen-bond donors (Lipinski definition) is 1. The molecule has 6 heteroatoms. The van der Waals surface area contributed by atoms with E-state index in [1.807, 2.05) is 0 Å². The van der Waals surface area contributed by atoms with E-state index in [-0.39, 0.29) is 25.4 Å². The number of rotatable bonds is 3. The minimum Gasteiger partial charge on any atom is -0.460 e. The molecule has 2 amide bonds. The van der Waals surface area contributed by atoms with Crippen molar-refractivity contribution in [3.63, 3.8) is 0 Å². The normalized spacial score (nSPS) is 21.1. The van der Waals surface area contributed by atoms with Crippen LogP contribution in [0.3, 0.4) is 0 Å². The van der Waals surface area contributed by atoms with Crippen LogP contribution in [0.2, 0.25) is 0 Å². The Morgan fingerprint density at radius 2 is 2.29 bits per heavy atom. The molecule has 1 aliphatic rings. The van der Waals surface area contributed by atoms with E-state index in [1.54, 1.807) is 0 Å². The number of ether oxygens (including phenoxy) is 1. The molecule has 78 valence electrons. The molecule has 1 heterocycles. The minimum absolute atomic E-state index is 0.114. The van der Waals surface area contributed by atoms with Gasteiger partial charge in [0.1, 0.15) is 6.10 Å². The SMILES string of the molecule is CC(=O)OC1CC(=O)N(CC(N)=O)C1. The molecule has 1 aliphatic heterocycles. The van der Waals surface area contributed by atoms with Crippen LogP contribution in [-0.4, -0.2) is 41.9 Å². The van der Waals surface area contributed by atoms with Crippen molar-refractivity contribution in [3.8, 4) is 0 Å². The molecule has 14 heavy (non-hydrogen) atoms. The van der Waals surface area contributed by atoms with E-state index in [1.165, 1.54) is 11.8 Å². The van der Waals surface area contributed by atoms with Crippen LogP contribution in [0.15, 0.2) is 0 Å². The Balaban J connectivity index is 2.47. The van der Waals surface area contributed by atoms with Crippen molar-refractivity contribution in [1.82, 2.24) is 4.90 Å². The Hall–Kier alpha value is -1.59. The summed E-state index contributed by atoms with van der Waals surface area (Å²) in [6.07, 6.45) is -0.313. The molecule has 0 aromatic heterocycles. The zero-order valence-electron chi connectivity index (χ0n) is 7.86. The van der Waals surface area contributed by atoms with Gasteiger partial charge in [0.25, 0.3) is 0 Å². The van der Waals surface area contributed by atoms with Crippen LogP contribution in [0, 0.1) is 0 Å². The lowest BCUT2D eigenvalue weighted by molar-refractivity contribution is -0.145. The lowest BCUT2D eigenvalue weighted by atomic mass is 10.3. The number of esters is 1. The highest BCUT2D eigenvalue weighted by atomic mass is 16.5. The second-order valence-electron chi connectivity index (χ2n) is 3.18. The largest absolute Gasteiger partial charge is 0.460 e.